The highest BCUT2D eigenvalue weighted by Crippen LogP contribution is 2.34. The van der Waals surface area contributed by atoms with Crippen LogP contribution in [0.15, 0.2) is 30.3 Å². The summed E-state index contributed by atoms with van der Waals surface area (Å²) in [5.74, 6) is 0.141. The fourth-order valence-corrected chi connectivity index (χ4v) is 2.69. The molecular weight excluding hydrogens is 267 g/mol. The number of benzene rings is 1. The zero-order valence-corrected chi connectivity index (χ0v) is 10.3. The number of hydrogen-bond acceptors (Lipinski definition) is 5. The number of thiophene rings is 1. The van der Waals surface area contributed by atoms with Crippen molar-refractivity contribution < 1.29 is 9.18 Å². The zero-order valence-electron chi connectivity index (χ0n) is 9.50. The third kappa shape index (κ3) is 2.15. The maximum Gasteiger partial charge on any atom is 0.181 e. The molecular formula is C12H7FN4OS. The van der Waals surface area contributed by atoms with Crippen molar-refractivity contribution in [2.45, 2.75) is 0 Å². The number of carbonyl (C=O) groups excluding carboxylic acids is 1. The van der Waals surface area contributed by atoms with Crippen molar-refractivity contribution in [3.8, 4) is 21.8 Å². The SMILES string of the molecule is O=Cc1sc(-c2ccc(F)cc2)cc1-c1nnn[nH]1. The molecule has 0 atom stereocenters. The fraction of sp³-hybridized carbons (Fsp3) is 0. The van der Waals surface area contributed by atoms with Gasteiger partial charge in [-0.25, -0.2) is 9.49 Å². The van der Waals surface area contributed by atoms with Crippen LogP contribution in [0, 0.1) is 5.82 Å². The van der Waals surface area contributed by atoms with Gasteiger partial charge in [0.15, 0.2) is 12.1 Å². The van der Waals surface area contributed by atoms with Crippen molar-refractivity contribution in [2.75, 3.05) is 0 Å². The molecule has 0 bridgehead atoms. The number of hydrogen-bond donors (Lipinski definition) is 1. The van der Waals surface area contributed by atoms with Crippen LogP contribution in [-0.2, 0) is 0 Å². The van der Waals surface area contributed by atoms with Gasteiger partial charge in [0.25, 0.3) is 0 Å². The number of tetrazole rings is 1. The quantitative estimate of drug-likeness (QED) is 0.745. The minimum absolute atomic E-state index is 0.296. The van der Waals surface area contributed by atoms with Gasteiger partial charge >= 0.3 is 0 Å². The maximum absolute atomic E-state index is 12.9. The predicted octanol–water partition coefficient (Wildman–Crippen LogP) is 2.55. The standard InChI is InChI=1S/C12H7FN4OS/c13-8-3-1-7(2-4-8)10-5-9(11(6-18)19-10)12-14-16-17-15-12/h1-6H,(H,14,15,16,17). The smallest absolute Gasteiger partial charge is 0.181 e. The Bertz CT molecular complexity index is 706. The number of aldehydes is 1. The maximum atomic E-state index is 12.9. The van der Waals surface area contributed by atoms with Crippen LogP contribution in [0.5, 0.6) is 0 Å². The summed E-state index contributed by atoms with van der Waals surface area (Å²) in [6, 6.07) is 7.90. The summed E-state index contributed by atoms with van der Waals surface area (Å²) >= 11 is 1.31. The molecule has 19 heavy (non-hydrogen) atoms. The van der Waals surface area contributed by atoms with Gasteiger partial charge in [-0.15, -0.1) is 16.4 Å². The van der Waals surface area contributed by atoms with E-state index in [1.54, 1.807) is 12.1 Å². The zero-order chi connectivity index (χ0) is 13.2. The van der Waals surface area contributed by atoms with Gasteiger partial charge in [-0.1, -0.05) is 12.1 Å². The number of rotatable bonds is 3. The number of nitrogens with zero attached hydrogens (tertiary/aromatic N) is 3. The molecule has 0 amide bonds. The summed E-state index contributed by atoms with van der Waals surface area (Å²) in [7, 11) is 0. The van der Waals surface area contributed by atoms with Gasteiger partial charge in [0, 0.05) is 10.4 Å². The van der Waals surface area contributed by atoms with Crippen LogP contribution in [0.4, 0.5) is 4.39 Å². The van der Waals surface area contributed by atoms with Crippen LogP contribution < -0.4 is 0 Å². The molecule has 2 aromatic heterocycles. The molecule has 1 N–H and O–H groups in total. The van der Waals surface area contributed by atoms with Crippen molar-refractivity contribution >= 4 is 17.6 Å². The highest BCUT2D eigenvalue weighted by molar-refractivity contribution is 7.17. The van der Waals surface area contributed by atoms with Gasteiger partial charge in [0.1, 0.15) is 5.82 Å². The molecule has 5 nitrogen and oxygen atoms in total. The van der Waals surface area contributed by atoms with Gasteiger partial charge in [-0.2, -0.15) is 0 Å². The van der Waals surface area contributed by atoms with Crippen molar-refractivity contribution in [1.82, 2.24) is 20.6 Å². The number of aromatic nitrogens is 4. The number of carbonyl (C=O) groups is 1. The van der Waals surface area contributed by atoms with Crippen LogP contribution >= 0.6 is 11.3 Å². The average molecular weight is 274 g/mol. The minimum atomic E-state index is -0.296. The summed E-state index contributed by atoms with van der Waals surface area (Å²) < 4.78 is 12.9. The number of H-pyrrole nitrogens is 1. The van der Waals surface area contributed by atoms with E-state index < -0.39 is 0 Å². The van der Waals surface area contributed by atoms with Crippen LogP contribution in [0.25, 0.3) is 21.8 Å². The molecule has 3 rings (SSSR count). The number of halogens is 1. The second kappa shape index (κ2) is 4.69. The Hall–Kier alpha value is -2.41. The molecule has 0 aliphatic rings. The first kappa shape index (κ1) is 11.7. The first-order valence-corrected chi connectivity index (χ1v) is 6.18. The summed E-state index contributed by atoms with van der Waals surface area (Å²) in [5.41, 5.74) is 1.48. The monoisotopic (exact) mass is 274 g/mol. The number of nitrogens with one attached hydrogen (secondary N) is 1. The lowest BCUT2D eigenvalue weighted by Gasteiger charge is -1.95. The van der Waals surface area contributed by atoms with Crippen molar-refractivity contribution in [1.29, 1.82) is 0 Å². The van der Waals surface area contributed by atoms with E-state index >= 15 is 0 Å². The van der Waals surface area contributed by atoms with E-state index in [9.17, 15) is 9.18 Å². The van der Waals surface area contributed by atoms with E-state index in [0.29, 0.717) is 16.3 Å². The van der Waals surface area contributed by atoms with Crippen molar-refractivity contribution in [3.05, 3.63) is 41.0 Å². The molecule has 0 saturated carbocycles. The molecule has 0 aliphatic heterocycles. The summed E-state index contributed by atoms with van der Waals surface area (Å²) in [6.45, 7) is 0. The topological polar surface area (TPSA) is 71.5 Å². The summed E-state index contributed by atoms with van der Waals surface area (Å²) in [4.78, 5) is 12.5. The first-order valence-electron chi connectivity index (χ1n) is 5.37. The predicted molar refractivity (Wildman–Crippen MR) is 68.3 cm³/mol. The van der Waals surface area contributed by atoms with Crippen molar-refractivity contribution in [2.24, 2.45) is 0 Å². The molecule has 0 fully saturated rings. The van der Waals surface area contributed by atoms with E-state index in [1.165, 1.54) is 23.5 Å². The average Bonchev–Trinajstić information content (AvgIpc) is 3.08. The van der Waals surface area contributed by atoms with Crippen LogP contribution in [0.1, 0.15) is 9.67 Å². The van der Waals surface area contributed by atoms with Gasteiger partial charge < -0.3 is 0 Å². The Kier molecular flexibility index (Phi) is 2.88. The van der Waals surface area contributed by atoms with Gasteiger partial charge in [-0.05, 0) is 34.2 Å². The molecule has 0 saturated heterocycles. The lowest BCUT2D eigenvalue weighted by atomic mass is 10.1. The molecule has 0 radical (unpaired) electrons. The molecule has 94 valence electrons. The lowest BCUT2D eigenvalue weighted by molar-refractivity contribution is 0.112. The largest absolute Gasteiger partial charge is 0.297 e. The molecule has 0 spiro atoms. The Morgan fingerprint density at radius 1 is 1.26 bits per heavy atom. The van der Waals surface area contributed by atoms with Crippen LogP contribution in [0.2, 0.25) is 0 Å². The third-order valence-corrected chi connectivity index (χ3v) is 3.71. The number of aromatic amines is 1. The highest BCUT2D eigenvalue weighted by Gasteiger charge is 2.14. The van der Waals surface area contributed by atoms with Gasteiger partial charge in [0.2, 0.25) is 0 Å². The molecule has 1 aromatic carbocycles. The lowest BCUT2D eigenvalue weighted by Crippen LogP contribution is -1.82. The molecule has 0 aliphatic carbocycles. The Morgan fingerprint density at radius 2 is 2.05 bits per heavy atom. The third-order valence-electron chi connectivity index (χ3n) is 2.60. The first-order chi connectivity index (χ1) is 9.28. The van der Waals surface area contributed by atoms with E-state index in [-0.39, 0.29) is 5.82 Å². The van der Waals surface area contributed by atoms with Gasteiger partial charge in [0.05, 0.1) is 4.88 Å². The molecule has 0 unspecified atom stereocenters. The van der Waals surface area contributed by atoms with E-state index in [2.05, 4.69) is 20.6 Å². The van der Waals surface area contributed by atoms with Crippen molar-refractivity contribution in [3.63, 3.8) is 0 Å². The van der Waals surface area contributed by atoms with E-state index in [1.807, 2.05) is 6.07 Å². The molecule has 7 heteroatoms. The Labute approximate surface area is 111 Å². The molecule has 2 heterocycles. The normalized spacial score (nSPS) is 10.6. The minimum Gasteiger partial charge on any atom is -0.297 e. The highest BCUT2D eigenvalue weighted by atomic mass is 32.1. The summed E-state index contributed by atoms with van der Waals surface area (Å²) in [5, 5.41) is 13.4. The van der Waals surface area contributed by atoms with Gasteiger partial charge in [-0.3, -0.25) is 4.79 Å². The summed E-state index contributed by atoms with van der Waals surface area (Å²) in [6.07, 6.45) is 0.759. The van der Waals surface area contributed by atoms with Crippen LogP contribution in [0.3, 0.4) is 0 Å². The Morgan fingerprint density at radius 3 is 2.68 bits per heavy atom. The van der Waals surface area contributed by atoms with E-state index in [4.69, 9.17) is 0 Å². The molecule has 3 aromatic rings. The Balaban J connectivity index is 2.09. The van der Waals surface area contributed by atoms with Crippen LogP contribution in [-0.4, -0.2) is 26.9 Å². The van der Waals surface area contributed by atoms with E-state index in [0.717, 1.165) is 16.7 Å². The second-order valence-electron chi connectivity index (χ2n) is 3.76. The second-order valence-corrected chi connectivity index (χ2v) is 4.85. The fourth-order valence-electron chi connectivity index (χ4n) is 1.71.